The number of nitrogens with one attached hydrogen (secondary N) is 1. The Labute approximate surface area is 205 Å². The number of aryl methyl sites for hydroxylation is 2. The zero-order valence-corrected chi connectivity index (χ0v) is 20.2. The molecular formula is C27H23BrN2O4. The fraction of sp³-hybridized carbons (Fsp3) is 0.111. The maximum Gasteiger partial charge on any atom is 0.312 e. The van der Waals surface area contributed by atoms with Crippen molar-refractivity contribution in [3.8, 4) is 0 Å². The molecule has 0 unspecified atom stereocenters. The number of amides is 2. The average Bonchev–Trinajstić information content (AvgIpc) is 3.28. The molecule has 4 aromatic rings. The number of rotatable bonds is 5. The molecule has 3 aromatic carbocycles. The van der Waals surface area contributed by atoms with Gasteiger partial charge in [-0.05, 0) is 65.2 Å². The van der Waals surface area contributed by atoms with Gasteiger partial charge in [0.15, 0.2) is 16.0 Å². The minimum Gasteiger partial charge on any atom is -0.444 e. The number of hydrogen-bond acceptors (Lipinski definition) is 4. The Hall–Kier alpha value is -3.68. The molecule has 0 fully saturated rings. The van der Waals surface area contributed by atoms with E-state index in [1.165, 1.54) is 6.07 Å². The fourth-order valence-corrected chi connectivity index (χ4v) is 4.01. The van der Waals surface area contributed by atoms with Crippen molar-refractivity contribution in [2.24, 2.45) is 0 Å². The zero-order chi connectivity index (χ0) is 24.3. The smallest absolute Gasteiger partial charge is 0.312 e. The van der Waals surface area contributed by atoms with Gasteiger partial charge in [0.05, 0.1) is 5.69 Å². The number of carbonyl (C=O) groups excluding carboxylic acids is 2. The first-order valence-electron chi connectivity index (χ1n) is 10.6. The van der Waals surface area contributed by atoms with Gasteiger partial charge < -0.3 is 9.52 Å². The molecule has 0 atom stereocenters. The van der Waals surface area contributed by atoms with E-state index in [4.69, 9.17) is 4.42 Å². The van der Waals surface area contributed by atoms with Gasteiger partial charge in [-0.25, -0.2) is 5.01 Å². The average molecular weight is 519 g/mol. The molecule has 2 amide bonds. The largest absolute Gasteiger partial charge is 0.444 e. The van der Waals surface area contributed by atoms with E-state index in [1.54, 1.807) is 72.8 Å². The van der Waals surface area contributed by atoms with E-state index in [2.05, 4.69) is 21.4 Å². The van der Waals surface area contributed by atoms with E-state index < -0.39 is 17.4 Å². The van der Waals surface area contributed by atoms with Gasteiger partial charge in [-0.15, -0.1) is 0 Å². The molecule has 0 radical (unpaired) electrons. The summed E-state index contributed by atoms with van der Waals surface area (Å²) in [6.45, 7) is 3.76. The number of carbonyl (C=O) groups is 2. The molecule has 1 aromatic heterocycles. The Morgan fingerprint density at radius 3 is 1.94 bits per heavy atom. The van der Waals surface area contributed by atoms with Crippen LogP contribution in [-0.4, -0.2) is 16.9 Å². The number of hydrazine groups is 1. The van der Waals surface area contributed by atoms with Crippen LogP contribution >= 0.6 is 15.9 Å². The molecule has 0 saturated carbocycles. The predicted octanol–water partition coefficient (Wildman–Crippen LogP) is 5.27. The van der Waals surface area contributed by atoms with Crippen LogP contribution in [0.4, 0.5) is 5.69 Å². The van der Waals surface area contributed by atoms with Gasteiger partial charge in [-0.2, -0.15) is 0 Å². The van der Waals surface area contributed by atoms with E-state index in [-0.39, 0.29) is 5.76 Å². The third-order valence-electron chi connectivity index (χ3n) is 5.42. The van der Waals surface area contributed by atoms with Crippen LogP contribution in [0.1, 0.15) is 32.8 Å². The van der Waals surface area contributed by atoms with Crippen LogP contribution in [0.2, 0.25) is 0 Å². The van der Waals surface area contributed by atoms with Crippen LogP contribution in [0, 0.1) is 13.8 Å². The normalized spacial score (nSPS) is 11.2. The summed E-state index contributed by atoms with van der Waals surface area (Å²) < 4.78 is 5.81. The van der Waals surface area contributed by atoms with Gasteiger partial charge in [-0.1, -0.05) is 77.9 Å². The van der Waals surface area contributed by atoms with Crippen LogP contribution < -0.4 is 10.4 Å². The van der Waals surface area contributed by atoms with E-state index in [1.807, 2.05) is 26.0 Å². The summed E-state index contributed by atoms with van der Waals surface area (Å²) in [7, 11) is 0. The maximum absolute atomic E-state index is 13.8. The van der Waals surface area contributed by atoms with Gasteiger partial charge in [0.25, 0.3) is 5.91 Å². The van der Waals surface area contributed by atoms with Gasteiger partial charge in [0.1, 0.15) is 0 Å². The molecule has 0 bridgehead atoms. The minimum atomic E-state index is -2.06. The van der Waals surface area contributed by atoms with Gasteiger partial charge in [0.2, 0.25) is 0 Å². The Bertz CT molecular complexity index is 1290. The number of nitrogens with zero attached hydrogens (tertiary/aromatic N) is 1. The first-order valence-corrected chi connectivity index (χ1v) is 11.4. The highest BCUT2D eigenvalue weighted by Crippen LogP contribution is 2.32. The molecule has 0 aliphatic rings. The highest BCUT2D eigenvalue weighted by molar-refractivity contribution is 9.10. The third-order valence-corrected chi connectivity index (χ3v) is 5.84. The summed E-state index contributed by atoms with van der Waals surface area (Å²) in [6.07, 6.45) is 0. The van der Waals surface area contributed by atoms with E-state index in [0.717, 1.165) is 16.1 Å². The summed E-state index contributed by atoms with van der Waals surface area (Å²) in [5.41, 5.74) is 3.52. The number of para-hydroxylation sites is 1. The second-order valence-electron chi connectivity index (χ2n) is 7.97. The molecular weight excluding hydrogens is 496 g/mol. The SMILES string of the molecule is Cc1cccc(C(O)(C(=O)NN(C(=O)c2ccc(Br)o2)c2ccccc2)c2cccc(C)c2)c1. The third kappa shape index (κ3) is 4.66. The van der Waals surface area contributed by atoms with Crippen molar-refractivity contribution in [1.82, 2.24) is 5.43 Å². The van der Waals surface area contributed by atoms with Gasteiger partial charge in [0, 0.05) is 0 Å². The van der Waals surface area contributed by atoms with E-state index in [9.17, 15) is 14.7 Å². The summed E-state index contributed by atoms with van der Waals surface area (Å²) in [5, 5.41) is 13.0. The number of hydrogen-bond donors (Lipinski definition) is 2. The summed E-state index contributed by atoms with van der Waals surface area (Å²) >= 11 is 3.20. The Kier molecular flexibility index (Phi) is 6.68. The van der Waals surface area contributed by atoms with E-state index in [0.29, 0.717) is 21.5 Å². The number of aliphatic hydroxyl groups is 1. The maximum atomic E-state index is 13.8. The van der Waals surface area contributed by atoms with Crippen molar-refractivity contribution in [3.63, 3.8) is 0 Å². The number of benzene rings is 3. The van der Waals surface area contributed by atoms with Crippen molar-refractivity contribution in [3.05, 3.63) is 124 Å². The fourth-order valence-electron chi connectivity index (χ4n) is 3.70. The quantitative estimate of drug-likeness (QED) is 0.352. The predicted molar refractivity (Wildman–Crippen MR) is 133 cm³/mol. The lowest BCUT2D eigenvalue weighted by atomic mass is 9.84. The molecule has 6 nitrogen and oxygen atoms in total. The standard InChI is InChI=1S/C27H23BrN2O4/c1-18-8-6-10-20(16-18)27(33,21-11-7-9-19(2)17-21)26(32)29-30(22-12-4-3-5-13-22)25(31)23-14-15-24(28)34-23/h3-17,33H,1-2H3,(H,29,32). The molecule has 7 heteroatoms. The van der Waals surface area contributed by atoms with E-state index >= 15 is 0 Å². The van der Waals surface area contributed by atoms with Crippen molar-refractivity contribution < 1.29 is 19.1 Å². The molecule has 2 N–H and O–H groups in total. The molecule has 0 saturated heterocycles. The Morgan fingerprint density at radius 1 is 0.853 bits per heavy atom. The molecule has 34 heavy (non-hydrogen) atoms. The Morgan fingerprint density at radius 2 is 1.44 bits per heavy atom. The summed E-state index contributed by atoms with van der Waals surface area (Å²) in [6, 6.07) is 25.9. The molecule has 1 heterocycles. The van der Waals surface area contributed by atoms with Gasteiger partial charge in [-0.3, -0.25) is 15.0 Å². The summed E-state index contributed by atoms with van der Waals surface area (Å²) in [4.78, 5) is 27.1. The van der Waals surface area contributed by atoms with Crippen molar-refractivity contribution in [2.75, 3.05) is 5.01 Å². The van der Waals surface area contributed by atoms with Crippen LogP contribution in [-0.2, 0) is 10.4 Å². The number of anilines is 1. The highest BCUT2D eigenvalue weighted by Gasteiger charge is 2.42. The molecule has 4 rings (SSSR count). The van der Waals surface area contributed by atoms with Crippen molar-refractivity contribution >= 4 is 33.4 Å². The molecule has 0 aliphatic carbocycles. The lowest BCUT2D eigenvalue weighted by molar-refractivity contribution is -0.136. The Balaban J connectivity index is 1.80. The molecule has 172 valence electrons. The first kappa shape index (κ1) is 23.5. The second-order valence-corrected chi connectivity index (χ2v) is 8.75. The zero-order valence-electron chi connectivity index (χ0n) is 18.7. The number of furan rings is 1. The van der Waals surface area contributed by atoms with Crippen LogP contribution in [0.25, 0.3) is 0 Å². The van der Waals surface area contributed by atoms with Crippen LogP contribution in [0.3, 0.4) is 0 Å². The van der Waals surface area contributed by atoms with Gasteiger partial charge >= 0.3 is 5.91 Å². The highest BCUT2D eigenvalue weighted by atomic mass is 79.9. The monoisotopic (exact) mass is 518 g/mol. The first-order chi connectivity index (χ1) is 16.3. The van der Waals surface area contributed by atoms with Crippen LogP contribution in [0.15, 0.2) is 100 Å². The topological polar surface area (TPSA) is 82.8 Å². The lowest BCUT2D eigenvalue weighted by Gasteiger charge is -2.32. The second kappa shape index (κ2) is 9.67. The number of halogens is 1. The minimum absolute atomic E-state index is 0.0191. The van der Waals surface area contributed by atoms with Crippen molar-refractivity contribution in [2.45, 2.75) is 19.4 Å². The van der Waals surface area contributed by atoms with Crippen LogP contribution in [0.5, 0.6) is 0 Å². The lowest BCUT2D eigenvalue weighted by Crippen LogP contribution is -2.54. The van der Waals surface area contributed by atoms with Crippen molar-refractivity contribution in [1.29, 1.82) is 0 Å². The molecule has 0 aliphatic heterocycles. The summed E-state index contributed by atoms with van der Waals surface area (Å²) in [5.74, 6) is -1.36. The molecule has 0 spiro atoms.